The molecule has 4 N–H and O–H groups in total. The Kier molecular flexibility index (Phi) is 11.5. The fourth-order valence-corrected chi connectivity index (χ4v) is 3.64. The van der Waals surface area contributed by atoms with Crippen molar-refractivity contribution in [2.45, 2.75) is 58.0 Å². The molecule has 0 aliphatic heterocycles. The lowest BCUT2D eigenvalue weighted by Crippen LogP contribution is -2.27. The van der Waals surface area contributed by atoms with Gasteiger partial charge in [0.15, 0.2) is 0 Å². The molecule has 1 saturated carbocycles. The maximum atomic E-state index is 11.9. The van der Waals surface area contributed by atoms with E-state index in [9.17, 15) is 4.79 Å². The first-order valence-corrected chi connectivity index (χ1v) is 12.7. The Hall–Kier alpha value is -2.98. The summed E-state index contributed by atoms with van der Waals surface area (Å²) in [4.78, 5) is 25.5. The van der Waals surface area contributed by atoms with E-state index in [-0.39, 0.29) is 11.9 Å². The summed E-state index contributed by atoms with van der Waals surface area (Å²) in [6.45, 7) is 7.13. The summed E-state index contributed by atoms with van der Waals surface area (Å²) in [6, 6.07) is 9.83. The summed E-state index contributed by atoms with van der Waals surface area (Å²) in [7, 11) is 0. The molecule has 0 spiro atoms. The molecular weight excluding hydrogens is 446 g/mol. The van der Waals surface area contributed by atoms with Crippen LogP contribution in [0.3, 0.4) is 0 Å². The number of hydrogen-bond donors (Lipinski definition) is 4. The summed E-state index contributed by atoms with van der Waals surface area (Å²) in [6.07, 6.45) is 5.77. The number of carbonyl (C=O) groups is 1. The highest BCUT2D eigenvalue weighted by atomic mass is 16.5. The third-order valence-corrected chi connectivity index (χ3v) is 5.78. The number of anilines is 3. The van der Waals surface area contributed by atoms with Crippen molar-refractivity contribution < 1.29 is 14.3 Å². The molecule has 10 nitrogen and oxygen atoms in total. The summed E-state index contributed by atoms with van der Waals surface area (Å²) in [5, 5.41) is 12.8. The van der Waals surface area contributed by atoms with Gasteiger partial charge in [-0.1, -0.05) is 38.0 Å². The molecular formula is C25H39N7O3. The van der Waals surface area contributed by atoms with Crippen LogP contribution in [0, 0.1) is 0 Å². The van der Waals surface area contributed by atoms with Crippen molar-refractivity contribution in [1.29, 1.82) is 0 Å². The highest BCUT2D eigenvalue weighted by Gasteiger charge is 2.17. The number of nitrogens with one attached hydrogen (secondary N) is 4. The molecule has 0 saturated heterocycles. The number of nitrogens with zero attached hydrogens (tertiary/aromatic N) is 3. The highest BCUT2D eigenvalue weighted by Crippen LogP contribution is 2.21. The topological polar surface area (TPSA) is 122 Å². The monoisotopic (exact) mass is 485 g/mol. The van der Waals surface area contributed by atoms with Crippen LogP contribution in [0.2, 0.25) is 0 Å². The molecule has 0 radical (unpaired) electrons. The average Bonchev–Trinajstić information content (AvgIpc) is 3.38. The largest absolute Gasteiger partial charge is 0.377 e. The standard InChI is InChI=1S/C25H39N7O3/c1-3-19(2)28-24-30-23(31-25(32-24)29-21-11-7-8-12-21)27-14-16-35-18-17-34-15-13-26-22(33)20-9-5-4-6-10-20/h4-6,9-10,19,21H,3,7-8,11-18H2,1-2H3,(H,26,33)(H3,27,28,29,30,31,32). The zero-order chi connectivity index (χ0) is 24.7. The first-order valence-electron chi connectivity index (χ1n) is 12.7. The lowest BCUT2D eigenvalue weighted by Gasteiger charge is -2.16. The first kappa shape index (κ1) is 26.6. The van der Waals surface area contributed by atoms with Gasteiger partial charge in [-0.25, -0.2) is 0 Å². The molecule has 35 heavy (non-hydrogen) atoms. The van der Waals surface area contributed by atoms with E-state index in [1.54, 1.807) is 12.1 Å². The van der Waals surface area contributed by atoms with Gasteiger partial charge in [0.2, 0.25) is 17.8 Å². The molecule has 1 amide bonds. The SMILES string of the molecule is CCC(C)Nc1nc(NCCOCCOCCNC(=O)c2ccccc2)nc(NC2CCCC2)n1. The Morgan fingerprint density at radius 1 is 0.943 bits per heavy atom. The number of ether oxygens (including phenoxy) is 2. The summed E-state index contributed by atoms with van der Waals surface area (Å²) >= 11 is 0. The van der Waals surface area contributed by atoms with Crippen molar-refractivity contribution in [3.8, 4) is 0 Å². The maximum absolute atomic E-state index is 11.9. The second-order valence-corrected chi connectivity index (χ2v) is 8.66. The number of aromatic nitrogens is 3. The van der Waals surface area contributed by atoms with Gasteiger partial charge in [0, 0.05) is 30.7 Å². The molecule has 1 heterocycles. The fourth-order valence-electron chi connectivity index (χ4n) is 3.64. The molecule has 2 aromatic rings. The lowest BCUT2D eigenvalue weighted by atomic mass is 10.2. The molecule has 10 heteroatoms. The summed E-state index contributed by atoms with van der Waals surface area (Å²) in [5.41, 5.74) is 0.644. The molecule has 192 valence electrons. The van der Waals surface area contributed by atoms with Gasteiger partial charge in [-0.15, -0.1) is 0 Å². The van der Waals surface area contributed by atoms with Gasteiger partial charge in [0.05, 0.1) is 26.4 Å². The van der Waals surface area contributed by atoms with Crippen LogP contribution in [-0.4, -0.2) is 72.5 Å². The van der Waals surface area contributed by atoms with E-state index in [1.165, 1.54) is 12.8 Å². The predicted octanol–water partition coefficient (Wildman–Crippen LogP) is 3.31. The van der Waals surface area contributed by atoms with E-state index in [2.05, 4.69) is 50.1 Å². The van der Waals surface area contributed by atoms with Crippen LogP contribution in [0.25, 0.3) is 0 Å². The van der Waals surface area contributed by atoms with E-state index in [0.717, 1.165) is 19.3 Å². The van der Waals surface area contributed by atoms with E-state index in [4.69, 9.17) is 9.47 Å². The molecule has 1 aliphatic rings. The number of carbonyl (C=O) groups excluding carboxylic acids is 1. The molecule has 1 aliphatic carbocycles. The number of amides is 1. The van der Waals surface area contributed by atoms with Gasteiger partial charge in [-0.05, 0) is 38.3 Å². The minimum atomic E-state index is -0.0982. The summed E-state index contributed by atoms with van der Waals surface area (Å²) in [5.74, 6) is 1.61. The molecule has 1 aromatic heterocycles. The molecule has 1 atom stereocenters. The van der Waals surface area contributed by atoms with Crippen molar-refractivity contribution in [2.24, 2.45) is 0 Å². The van der Waals surface area contributed by atoms with Crippen LogP contribution >= 0.6 is 0 Å². The van der Waals surface area contributed by atoms with Crippen LogP contribution in [0.5, 0.6) is 0 Å². The van der Waals surface area contributed by atoms with Gasteiger partial charge in [-0.2, -0.15) is 15.0 Å². The fraction of sp³-hybridized carbons (Fsp3) is 0.600. The number of rotatable bonds is 16. The molecule has 1 fully saturated rings. The van der Waals surface area contributed by atoms with Crippen molar-refractivity contribution in [2.75, 3.05) is 55.5 Å². The Bertz CT molecular complexity index is 879. The van der Waals surface area contributed by atoms with Crippen LogP contribution in [0.4, 0.5) is 17.8 Å². The molecule has 3 rings (SSSR count). The average molecular weight is 486 g/mol. The second-order valence-electron chi connectivity index (χ2n) is 8.66. The van der Waals surface area contributed by atoms with E-state index in [1.807, 2.05) is 18.2 Å². The first-order chi connectivity index (χ1) is 17.1. The maximum Gasteiger partial charge on any atom is 0.251 e. The Morgan fingerprint density at radius 2 is 1.60 bits per heavy atom. The van der Waals surface area contributed by atoms with Gasteiger partial charge >= 0.3 is 0 Å². The molecule has 1 unspecified atom stereocenters. The second kappa shape index (κ2) is 15.1. The van der Waals surface area contributed by atoms with Gasteiger partial charge in [0.25, 0.3) is 5.91 Å². The zero-order valence-corrected chi connectivity index (χ0v) is 20.9. The number of benzene rings is 1. The third kappa shape index (κ3) is 10.0. The number of hydrogen-bond acceptors (Lipinski definition) is 9. The Labute approximate surface area is 208 Å². The van der Waals surface area contributed by atoms with Crippen molar-refractivity contribution in [3.05, 3.63) is 35.9 Å². The summed E-state index contributed by atoms with van der Waals surface area (Å²) < 4.78 is 11.1. The molecule has 0 bridgehead atoms. The van der Waals surface area contributed by atoms with Gasteiger partial charge in [-0.3, -0.25) is 4.79 Å². The Morgan fingerprint density at radius 3 is 2.31 bits per heavy atom. The van der Waals surface area contributed by atoms with Crippen LogP contribution < -0.4 is 21.3 Å². The van der Waals surface area contributed by atoms with Crippen LogP contribution in [0.1, 0.15) is 56.3 Å². The quantitative estimate of drug-likeness (QED) is 0.265. The van der Waals surface area contributed by atoms with Gasteiger partial charge in [0.1, 0.15) is 0 Å². The third-order valence-electron chi connectivity index (χ3n) is 5.78. The van der Waals surface area contributed by atoms with Crippen molar-refractivity contribution >= 4 is 23.8 Å². The van der Waals surface area contributed by atoms with Crippen LogP contribution in [0.15, 0.2) is 30.3 Å². The molecule has 1 aromatic carbocycles. The van der Waals surface area contributed by atoms with E-state index >= 15 is 0 Å². The predicted molar refractivity (Wildman–Crippen MR) is 138 cm³/mol. The minimum Gasteiger partial charge on any atom is -0.377 e. The normalized spacial score (nSPS) is 14.5. The van der Waals surface area contributed by atoms with Crippen molar-refractivity contribution in [3.63, 3.8) is 0 Å². The van der Waals surface area contributed by atoms with E-state index < -0.39 is 0 Å². The van der Waals surface area contributed by atoms with Gasteiger partial charge < -0.3 is 30.7 Å². The minimum absolute atomic E-state index is 0.0982. The highest BCUT2D eigenvalue weighted by molar-refractivity contribution is 5.94. The lowest BCUT2D eigenvalue weighted by molar-refractivity contribution is 0.0519. The zero-order valence-electron chi connectivity index (χ0n) is 20.9. The van der Waals surface area contributed by atoms with Crippen molar-refractivity contribution in [1.82, 2.24) is 20.3 Å². The van der Waals surface area contributed by atoms with Crippen LogP contribution in [-0.2, 0) is 9.47 Å². The van der Waals surface area contributed by atoms with E-state index in [0.29, 0.717) is 69.0 Å². The smallest absolute Gasteiger partial charge is 0.251 e. The Balaban J connectivity index is 1.30.